The number of halogens is 1. The molecule has 1 amide bonds. The van der Waals surface area contributed by atoms with E-state index in [1.54, 1.807) is 24.9 Å². The van der Waals surface area contributed by atoms with Crippen LogP contribution in [0.1, 0.15) is 23.7 Å². The van der Waals surface area contributed by atoms with Crippen molar-refractivity contribution in [1.29, 1.82) is 0 Å². The highest BCUT2D eigenvalue weighted by molar-refractivity contribution is 6.30. The van der Waals surface area contributed by atoms with Crippen LogP contribution in [0.15, 0.2) is 18.6 Å². The molecular formula is C13H16ClN5O3. The first kappa shape index (κ1) is 16.0. The third-order valence-corrected chi connectivity index (χ3v) is 3.06. The highest BCUT2D eigenvalue weighted by Crippen LogP contribution is 2.16. The van der Waals surface area contributed by atoms with E-state index in [2.05, 4.69) is 15.5 Å². The van der Waals surface area contributed by atoms with Crippen LogP contribution >= 0.6 is 11.6 Å². The van der Waals surface area contributed by atoms with E-state index in [1.165, 1.54) is 17.1 Å². The third kappa shape index (κ3) is 3.85. The van der Waals surface area contributed by atoms with E-state index in [1.807, 2.05) is 0 Å². The van der Waals surface area contributed by atoms with Crippen molar-refractivity contribution in [2.45, 2.75) is 19.9 Å². The number of hydrogen-bond donors (Lipinski definition) is 1. The fourth-order valence-electron chi connectivity index (χ4n) is 1.82. The zero-order valence-electron chi connectivity index (χ0n) is 12.2. The predicted molar refractivity (Wildman–Crippen MR) is 79.6 cm³/mol. The second kappa shape index (κ2) is 7.08. The molecule has 1 N–H and O–H groups in total. The zero-order valence-corrected chi connectivity index (χ0v) is 13.0. The lowest BCUT2D eigenvalue weighted by Crippen LogP contribution is -2.19. The van der Waals surface area contributed by atoms with Crippen molar-refractivity contribution < 1.29 is 14.3 Å². The van der Waals surface area contributed by atoms with Crippen LogP contribution < -0.4 is 5.32 Å². The smallest absolute Gasteiger partial charge is 0.343 e. The van der Waals surface area contributed by atoms with E-state index in [9.17, 15) is 9.59 Å². The Hall–Kier alpha value is -2.35. The SMILES string of the molecule is CCOC(=O)c1cnn(C)c1NC(=O)CCn1cc(Cl)cn1. The summed E-state index contributed by atoms with van der Waals surface area (Å²) in [5.41, 5.74) is 0.222. The van der Waals surface area contributed by atoms with Crippen molar-refractivity contribution in [1.82, 2.24) is 19.6 Å². The molecule has 2 heterocycles. The molecule has 0 aromatic carbocycles. The maximum atomic E-state index is 12.0. The van der Waals surface area contributed by atoms with Gasteiger partial charge in [-0.15, -0.1) is 0 Å². The zero-order chi connectivity index (χ0) is 16.1. The van der Waals surface area contributed by atoms with Gasteiger partial charge in [-0.1, -0.05) is 11.6 Å². The lowest BCUT2D eigenvalue weighted by Gasteiger charge is -2.08. The Labute approximate surface area is 132 Å². The fraction of sp³-hybridized carbons (Fsp3) is 0.385. The van der Waals surface area contributed by atoms with Gasteiger partial charge in [-0.25, -0.2) is 4.79 Å². The van der Waals surface area contributed by atoms with Crippen molar-refractivity contribution >= 4 is 29.3 Å². The lowest BCUT2D eigenvalue weighted by molar-refractivity contribution is -0.116. The summed E-state index contributed by atoms with van der Waals surface area (Å²) in [4.78, 5) is 23.8. The summed E-state index contributed by atoms with van der Waals surface area (Å²) in [7, 11) is 1.63. The van der Waals surface area contributed by atoms with Gasteiger partial charge < -0.3 is 10.1 Å². The van der Waals surface area contributed by atoms with Crippen LogP contribution in [0.3, 0.4) is 0 Å². The number of amides is 1. The van der Waals surface area contributed by atoms with Gasteiger partial charge in [0.25, 0.3) is 0 Å². The average Bonchev–Trinajstić information content (AvgIpc) is 3.04. The number of nitrogens with one attached hydrogen (secondary N) is 1. The molecule has 22 heavy (non-hydrogen) atoms. The molecule has 2 aromatic heterocycles. The van der Waals surface area contributed by atoms with Gasteiger partial charge in [0.05, 0.1) is 24.0 Å². The molecule has 0 saturated heterocycles. The number of carbonyl (C=O) groups excluding carboxylic acids is 2. The molecule has 9 heteroatoms. The van der Waals surface area contributed by atoms with Gasteiger partial charge >= 0.3 is 5.97 Å². The average molecular weight is 326 g/mol. The second-order valence-electron chi connectivity index (χ2n) is 4.47. The lowest BCUT2D eigenvalue weighted by atomic mass is 10.3. The van der Waals surface area contributed by atoms with Crippen LogP contribution in [0, 0.1) is 0 Å². The predicted octanol–water partition coefficient (Wildman–Crippen LogP) is 1.48. The Morgan fingerprint density at radius 2 is 2.14 bits per heavy atom. The molecule has 0 unspecified atom stereocenters. The molecule has 0 fully saturated rings. The monoisotopic (exact) mass is 325 g/mol. The number of esters is 1. The fourth-order valence-corrected chi connectivity index (χ4v) is 1.97. The van der Waals surface area contributed by atoms with Gasteiger partial charge in [-0.05, 0) is 6.92 Å². The molecule has 2 rings (SSSR count). The molecule has 0 aliphatic carbocycles. The minimum Gasteiger partial charge on any atom is -0.462 e. The number of hydrogen-bond acceptors (Lipinski definition) is 5. The molecule has 0 radical (unpaired) electrons. The number of carbonyl (C=O) groups is 2. The summed E-state index contributed by atoms with van der Waals surface area (Å²) in [5.74, 6) is -0.479. The quantitative estimate of drug-likeness (QED) is 0.812. The number of nitrogens with zero attached hydrogens (tertiary/aromatic N) is 4. The summed E-state index contributed by atoms with van der Waals surface area (Å²) < 4.78 is 7.90. The summed E-state index contributed by atoms with van der Waals surface area (Å²) in [5, 5.41) is 11.1. The van der Waals surface area contributed by atoms with Crippen LogP contribution in [0.4, 0.5) is 5.82 Å². The van der Waals surface area contributed by atoms with E-state index >= 15 is 0 Å². The van der Waals surface area contributed by atoms with Crippen molar-refractivity contribution in [2.75, 3.05) is 11.9 Å². The Morgan fingerprint density at radius 1 is 1.36 bits per heavy atom. The maximum absolute atomic E-state index is 12.0. The minimum atomic E-state index is -0.523. The van der Waals surface area contributed by atoms with Crippen LogP contribution in [0.25, 0.3) is 0 Å². The van der Waals surface area contributed by atoms with Gasteiger partial charge in [0.15, 0.2) is 0 Å². The number of aromatic nitrogens is 4. The van der Waals surface area contributed by atoms with Crippen LogP contribution in [-0.4, -0.2) is 38.0 Å². The highest BCUT2D eigenvalue weighted by atomic mass is 35.5. The van der Waals surface area contributed by atoms with E-state index in [0.29, 0.717) is 17.4 Å². The molecule has 0 aliphatic rings. The van der Waals surface area contributed by atoms with Gasteiger partial charge in [0, 0.05) is 26.2 Å². The first-order chi connectivity index (χ1) is 10.5. The van der Waals surface area contributed by atoms with Crippen LogP contribution in [0.2, 0.25) is 5.02 Å². The van der Waals surface area contributed by atoms with Crippen molar-refractivity contribution in [3.8, 4) is 0 Å². The minimum absolute atomic E-state index is 0.186. The summed E-state index contributed by atoms with van der Waals surface area (Å²) in [6.07, 6.45) is 4.68. The summed E-state index contributed by atoms with van der Waals surface area (Å²) in [6.45, 7) is 2.34. The molecule has 0 bridgehead atoms. The van der Waals surface area contributed by atoms with Crippen LogP contribution in [-0.2, 0) is 23.1 Å². The molecule has 0 spiro atoms. The molecule has 118 valence electrons. The van der Waals surface area contributed by atoms with E-state index in [4.69, 9.17) is 16.3 Å². The molecule has 0 aliphatic heterocycles. The van der Waals surface area contributed by atoms with E-state index in [0.717, 1.165) is 0 Å². The van der Waals surface area contributed by atoms with Gasteiger partial charge in [0.2, 0.25) is 5.91 Å². The Bertz CT molecular complexity index is 679. The number of anilines is 1. The number of ether oxygens (including phenoxy) is 1. The first-order valence-corrected chi connectivity index (χ1v) is 7.06. The Balaban J connectivity index is 1.99. The third-order valence-electron chi connectivity index (χ3n) is 2.86. The van der Waals surface area contributed by atoms with Gasteiger partial charge in [0.1, 0.15) is 11.4 Å². The van der Waals surface area contributed by atoms with Crippen molar-refractivity contribution in [3.05, 3.63) is 29.2 Å². The maximum Gasteiger partial charge on any atom is 0.343 e. The second-order valence-corrected chi connectivity index (χ2v) is 4.91. The van der Waals surface area contributed by atoms with Crippen molar-refractivity contribution in [2.24, 2.45) is 7.05 Å². The summed E-state index contributed by atoms with van der Waals surface area (Å²) >= 11 is 5.75. The van der Waals surface area contributed by atoms with Crippen molar-refractivity contribution in [3.63, 3.8) is 0 Å². The van der Waals surface area contributed by atoms with E-state index < -0.39 is 5.97 Å². The topological polar surface area (TPSA) is 91.0 Å². The standard InChI is InChI=1S/C13H16ClN5O3/c1-3-22-13(21)10-7-15-18(2)12(10)17-11(20)4-5-19-8-9(14)6-16-19/h6-8H,3-5H2,1-2H3,(H,17,20). The molecule has 0 saturated carbocycles. The van der Waals surface area contributed by atoms with Crippen LogP contribution in [0.5, 0.6) is 0 Å². The Kier molecular flexibility index (Phi) is 5.16. The largest absolute Gasteiger partial charge is 0.462 e. The van der Waals surface area contributed by atoms with Gasteiger partial charge in [-0.3, -0.25) is 14.2 Å². The molecule has 8 nitrogen and oxygen atoms in total. The molecular weight excluding hydrogens is 310 g/mol. The normalized spacial score (nSPS) is 10.5. The summed E-state index contributed by atoms with van der Waals surface area (Å²) in [6, 6.07) is 0. The Morgan fingerprint density at radius 3 is 2.77 bits per heavy atom. The van der Waals surface area contributed by atoms with Gasteiger partial charge in [-0.2, -0.15) is 10.2 Å². The van der Waals surface area contributed by atoms with E-state index in [-0.39, 0.29) is 24.5 Å². The highest BCUT2D eigenvalue weighted by Gasteiger charge is 2.19. The number of rotatable bonds is 6. The first-order valence-electron chi connectivity index (χ1n) is 6.68. The number of aryl methyl sites for hydroxylation is 2. The molecule has 0 atom stereocenters. The molecule has 2 aromatic rings.